The number of carbonyl (C=O) groups is 1. The minimum atomic E-state index is -1.01. The molecule has 0 bridgehead atoms. The first kappa shape index (κ1) is 16.9. The van der Waals surface area contributed by atoms with Crippen LogP contribution in [0.5, 0.6) is 0 Å². The fourth-order valence-electron chi connectivity index (χ4n) is 3.13. The second-order valence-corrected chi connectivity index (χ2v) is 7.18. The first-order chi connectivity index (χ1) is 10.2. The van der Waals surface area contributed by atoms with Crippen LogP contribution in [0.15, 0.2) is 24.3 Å². The summed E-state index contributed by atoms with van der Waals surface area (Å²) in [4.78, 5) is 12.1. The topological polar surface area (TPSA) is 74.0 Å². The van der Waals surface area contributed by atoms with E-state index >= 15 is 0 Å². The van der Waals surface area contributed by atoms with E-state index in [1.54, 1.807) is 0 Å². The number of hydrogen-bond donors (Lipinski definition) is 2. The van der Waals surface area contributed by atoms with Crippen molar-refractivity contribution in [2.24, 2.45) is 16.7 Å². The molecule has 0 heterocycles. The van der Waals surface area contributed by atoms with Gasteiger partial charge in [-0.3, -0.25) is 0 Å². The van der Waals surface area contributed by atoms with Gasteiger partial charge in [-0.1, -0.05) is 27.7 Å². The zero-order valence-corrected chi connectivity index (χ0v) is 13.7. The van der Waals surface area contributed by atoms with Crippen LogP contribution in [0.4, 0.5) is 5.69 Å². The van der Waals surface area contributed by atoms with Gasteiger partial charge in [-0.15, -0.1) is 0 Å². The average Bonchev–Trinajstić information content (AvgIpc) is 2.69. The molecule has 1 aliphatic carbocycles. The maximum Gasteiger partial charge on any atom is 0.338 e. The smallest absolute Gasteiger partial charge is 0.338 e. The predicted molar refractivity (Wildman–Crippen MR) is 82.8 cm³/mol. The van der Waals surface area contributed by atoms with Crippen molar-refractivity contribution in [2.45, 2.75) is 40.5 Å². The minimum Gasteiger partial charge on any atom is -0.595 e. The van der Waals surface area contributed by atoms with E-state index < -0.39 is 11.2 Å². The summed E-state index contributed by atoms with van der Waals surface area (Å²) in [6.45, 7) is 9.29. The highest BCUT2D eigenvalue weighted by Gasteiger charge is 2.50. The monoisotopic (exact) mass is 307 g/mol. The van der Waals surface area contributed by atoms with E-state index in [2.05, 4.69) is 27.7 Å². The van der Waals surface area contributed by atoms with Crippen molar-refractivity contribution in [1.29, 1.82) is 0 Å². The molecule has 0 aromatic heterocycles. The second-order valence-electron chi connectivity index (χ2n) is 7.18. The molecule has 5 heteroatoms. The van der Waals surface area contributed by atoms with E-state index in [1.807, 2.05) is 0 Å². The molecule has 5 nitrogen and oxygen atoms in total. The largest absolute Gasteiger partial charge is 0.595 e. The molecular formula is C17H25NO4. The lowest BCUT2D eigenvalue weighted by molar-refractivity contribution is -0.991. The van der Waals surface area contributed by atoms with Crippen molar-refractivity contribution in [3.05, 3.63) is 35.0 Å². The van der Waals surface area contributed by atoms with E-state index in [-0.39, 0.29) is 16.5 Å². The zero-order valence-electron chi connectivity index (χ0n) is 13.7. The highest BCUT2D eigenvalue weighted by molar-refractivity contribution is 5.89. The Morgan fingerprint density at radius 1 is 1.36 bits per heavy atom. The molecule has 22 heavy (non-hydrogen) atoms. The molecule has 122 valence electrons. The van der Waals surface area contributed by atoms with Crippen molar-refractivity contribution < 1.29 is 20.0 Å². The molecule has 0 aliphatic heterocycles. The Labute approximate surface area is 131 Å². The maximum absolute atomic E-state index is 12.1. The standard InChI is InChI=1S/C17H25NO4/c1-12-9-10-17(4,16(12,2)3)11-22-15(19)13-5-7-14(8-6-13)18(20)21/h5-8,12,18,20H,9-11H2,1-4H3/t12-,17+/m1/s1. The van der Waals surface area contributed by atoms with E-state index in [1.165, 1.54) is 24.3 Å². The van der Waals surface area contributed by atoms with Crippen LogP contribution >= 0.6 is 0 Å². The van der Waals surface area contributed by atoms with Gasteiger partial charge in [0.15, 0.2) is 5.69 Å². The number of rotatable bonds is 4. The Morgan fingerprint density at radius 3 is 2.41 bits per heavy atom. The van der Waals surface area contributed by atoms with Crippen molar-refractivity contribution in [1.82, 2.24) is 0 Å². The third kappa shape index (κ3) is 3.02. The summed E-state index contributed by atoms with van der Waals surface area (Å²) in [5.74, 6) is 0.208. The molecule has 1 saturated carbocycles. The van der Waals surface area contributed by atoms with Gasteiger partial charge in [0.05, 0.1) is 12.2 Å². The number of nitrogens with one attached hydrogen (secondary N) is 1. The second kappa shape index (κ2) is 5.99. The molecule has 1 aromatic rings. The number of ether oxygens (including phenoxy) is 1. The maximum atomic E-state index is 12.1. The highest BCUT2D eigenvalue weighted by atomic mass is 16.8. The van der Waals surface area contributed by atoms with Gasteiger partial charge in [-0.2, -0.15) is 5.23 Å². The first-order valence-electron chi connectivity index (χ1n) is 7.68. The molecule has 1 aliphatic rings. The molecule has 1 aromatic carbocycles. The summed E-state index contributed by atoms with van der Waals surface area (Å²) >= 11 is 0. The number of carbonyl (C=O) groups excluding carboxylic acids is 1. The molecule has 1 unspecified atom stereocenters. The van der Waals surface area contributed by atoms with Crippen molar-refractivity contribution >= 4 is 11.7 Å². The van der Waals surface area contributed by atoms with Crippen LogP contribution in [0.25, 0.3) is 0 Å². The molecule has 3 atom stereocenters. The molecule has 1 fully saturated rings. The number of esters is 1. The third-order valence-electron chi connectivity index (χ3n) is 5.81. The molecule has 0 radical (unpaired) electrons. The Bertz CT molecular complexity index is 538. The molecule has 2 N–H and O–H groups in total. The van der Waals surface area contributed by atoms with Crippen LogP contribution in [0.2, 0.25) is 0 Å². The summed E-state index contributed by atoms with van der Waals surface area (Å²) in [6.07, 6.45) is 2.20. The Hall–Kier alpha value is -1.43. The Kier molecular flexibility index (Phi) is 4.61. The van der Waals surface area contributed by atoms with Gasteiger partial charge in [0.1, 0.15) is 0 Å². The summed E-state index contributed by atoms with van der Waals surface area (Å²) < 4.78 is 5.51. The summed E-state index contributed by atoms with van der Waals surface area (Å²) in [5, 5.41) is 18.7. The van der Waals surface area contributed by atoms with E-state index in [0.29, 0.717) is 18.1 Å². The van der Waals surface area contributed by atoms with Crippen LogP contribution < -0.4 is 5.23 Å². The third-order valence-corrected chi connectivity index (χ3v) is 5.81. The van der Waals surface area contributed by atoms with Gasteiger partial charge in [0, 0.05) is 17.5 Å². The number of quaternary nitrogens is 1. The number of benzene rings is 1. The lowest BCUT2D eigenvalue weighted by Gasteiger charge is -2.40. The number of hydrogen-bond acceptors (Lipinski definition) is 4. The minimum absolute atomic E-state index is 0.0247. The van der Waals surface area contributed by atoms with Crippen LogP contribution in [-0.4, -0.2) is 17.8 Å². The van der Waals surface area contributed by atoms with Crippen molar-refractivity contribution in [3.63, 3.8) is 0 Å². The SMILES string of the molecule is C[C@@H]1CC[C@@](C)(COC(=O)c2ccc([NH+]([O-])O)cc2)C1(C)C. The normalized spacial score (nSPS) is 28.4. The molecule has 0 saturated heterocycles. The Morgan fingerprint density at radius 2 is 1.95 bits per heavy atom. The fraction of sp³-hybridized carbons (Fsp3) is 0.588. The molecule has 0 spiro atoms. The van der Waals surface area contributed by atoms with E-state index in [0.717, 1.165) is 12.8 Å². The highest BCUT2D eigenvalue weighted by Crippen LogP contribution is 2.55. The van der Waals surface area contributed by atoms with Crippen LogP contribution in [0.1, 0.15) is 50.9 Å². The van der Waals surface area contributed by atoms with Crippen molar-refractivity contribution in [2.75, 3.05) is 6.61 Å². The predicted octanol–water partition coefficient (Wildman–Crippen LogP) is 2.71. The first-order valence-corrected chi connectivity index (χ1v) is 7.68. The fourth-order valence-corrected chi connectivity index (χ4v) is 3.13. The lowest BCUT2D eigenvalue weighted by Crippen LogP contribution is -2.99. The van der Waals surface area contributed by atoms with E-state index in [4.69, 9.17) is 9.94 Å². The molecule has 2 rings (SSSR count). The molecule has 0 amide bonds. The summed E-state index contributed by atoms with van der Waals surface area (Å²) in [7, 11) is 0. The van der Waals surface area contributed by atoms with Crippen LogP contribution in [0.3, 0.4) is 0 Å². The molecular weight excluding hydrogens is 282 g/mol. The van der Waals surface area contributed by atoms with Gasteiger partial charge in [-0.25, -0.2) is 10.0 Å². The van der Waals surface area contributed by atoms with E-state index in [9.17, 15) is 10.0 Å². The zero-order chi connectivity index (χ0) is 16.5. The van der Waals surface area contributed by atoms with Crippen molar-refractivity contribution in [3.8, 4) is 0 Å². The van der Waals surface area contributed by atoms with Gasteiger partial charge in [-0.05, 0) is 36.3 Å². The van der Waals surface area contributed by atoms with Crippen LogP contribution in [-0.2, 0) is 4.74 Å². The quantitative estimate of drug-likeness (QED) is 0.662. The van der Waals surface area contributed by atoms with Gasteiger partial charge in [0.2, 0.25) is 0 Å². The van der Waals surface area contributed by atoms with Gasteiger partial charge in [0.25, 0.3) is 0 Å². The van der Waals surface area contributed by atoms with Crippen LogP contribution in [0, 0.1) is 22.0 Å². The Balaban J connectivity index is 2.01. The lowest BCUT2D eigenvalue weighted by atomic mass is 9.66. The average molecular weight is 307 g/mol. The van der Waals surface area contributed by atoms with Gasteiger partial charge >= 0.3 is 5.97 Å². The van der Waals surface area contributed by atoms with Gasteiger partial charge < -0.3 is 9.94 Å². The summed E-state index contributed by atoms with van der Waals surface area (Å²) in [5.41, 5.74) is 0.649. The summed E-state index contributed by atoms with van der Waals surface area (Å²) in [6, 6.07) is 5.83.